The third kappa shape index (κ3) is 248. The molecule has 0 aliphatic rings. The third-order valence-corrected chi connectivity index (χ3v) is 1.02. The maximum absolute atomic E-state index is 8.07. The zero-order chi connectivity index (χ0) is 16.3. The van der Waals surface area contributed by atoms with Gasteiger partial charge in [-0.2, -0.15) is 0 Å². The van der Waals surface area contributed by atoms with Crippen molar-refractivity contribution in [3.63, 3.8) is 0 Å². The lowest BCUT2D eigenvalue weighted by atomic mass is 10.4. The fourth-order valence-electron chi connectivity index (χ4n) is 0.316. The van der Waals surface area contributed by atoms with Gasteiger partial charge in [0.1, 0.15) is 0 Å². The van der Waals surface area contributed by atoms with Gasteiger partial charge in [0.05, 0.1) is 0 Å². The highest BCUT2D eigenvalue weighted by atomic mass is 28.4. The van der Waals surface area contributed by atoms with Gasteiger partial charge in [-0.3, -0.25) is 0 Å². The summed E-state index contributed by atoms with van der Waals surface area (Å²) >= 11 is -0.139. The second-order valence-electron chi connectivity index (χ2n) is 4.49. The molecule has 0 aliphatic heterocycles. The Balaban J connectivity index is -0.0000000793. The fraction of sp³-hybridized carbons (Fsp3) is 1.00. The van der Waals surface area contributed by atoms with Crippen LogP contribution >= 0.6 is 0 Å². The predicted molar refractivity (Wildman–Crippen MR) is 82.0 cm³/mol. The number of aliphatic hydroxyl groups excluding tert-OH is 2. The third-order valence-electron chi connectivity index (χ3n) is 1.02. The molecule has 6 N–H and O–H groups in total. The molecule has 0 amide bonds. The van der Waals surface area contributed by atoms with Crippen LogP contribution in [0.2, 0.25) is 17.4 Å². The summed E-state index contributed by atoms with van der Waals surface area (Å²) in [7, 11) is -4.61. The maximum Gasteiger partial charge on any atom is 0.668 e. The van der Waals surface area contributed by atoms with E-state index in [4.69, 9.17) is 29.4 Å². The van der Waals surface area contributed by atoms with E-state index in [1.165, 1.54) is 0 Å². The summed E-state index contributed by atoms with van der Waals surface area (Å²) in [4.78, 5) is 29.3. The van der Waals surface area contributed by atoms with Gasteiger partial charge in [-0.15, -0.1) is 17.4 Å². The molecule has 0 fully saturated rings. The summed E-state index contributed by atoms with van der Waals surface area (Å²) in [5.74, 6) is 6.92. The topological polar surface area (TPSA) is 121 Å². The van der Waals surface area contributed by atoms with Crippen molar-refractivity contribution in [1.29, 1.82) is 0 Å². The number of rotatable bonds is 4. The highest BCUT2D eigenvalue weighted by molar-refractivity contribution is 6.54. The smallest absolute Gasteiger partial charge is 0.396 e. The predicted octanol–water partition coefficient (Wildman–Crippen LogP) is 0.319. The normalized spacial score (nSPS) is 9.00. The van der Waals surface area contributed by atoms with Gasteiger partial charge in [-0.05, 0) is 12.8 Å². The highest BCUT2D eigenvalue weighted by Gasteiger charge is 2.22. The first-order chi connectivity index (χ1) is 8.56. The van der Waals surface area contributed by atoms with Crippen LogP contribution < -0.4 is 0 Å². The highest BCUT2D eigenvalue weighted by Crippen LogP contribution is 1.79. The largest absolute Gasteiger partial charge is 0.668 e. The quantitative estimate of drug-likeness (QED) is 0.415. The molecule has 19 heavy (non-hydrogen) atoms. The molecule has 0 spiro atoms. The van der Waals surface area contributed by atoms with Crippen molar-refractivity contribution in [3.8, 4) is 0 Å². The van der Waals surface area contributed by atoms with Gasteiger partial charge < -0.3 is 29.4 Å². The fourth-order valence-corrected chi connectivity index (χ4v) is 0.316. The van der Waals surface area contributed by atoms with Crippen LogP contribution in [-0.4, -0.2) is 65.8 Å². The standard InChI is InChI=1S/2C4H10O.3CH3.Al.H4O4Si/c2*1-2-3-4-5;;;;;1-5(2,3)4/h2*5H,2-4H2,1H3;3*1H3;;1-4H. The lowest BCUT2D eigenvalue weighted by Gasteiger charge is -1.91. The molecule has 120 valence electrons. The van der Waals surface area contributed by atoms with E-state index in [9.17, 15) is 0 Å². The minimum absolute atomic E-state index is 0.139. The van der Waals surface area contributed by atoms with Crippen LogP contribution in [0.5, 0.6) is 0 Å². The van der Waals surface area contributed by atoms with Crippen molar-refractivity contribution in [3.05, 3.63) is 0 Å². The Kier molecular flexibility index (Phi) is 34.5. The summed E-state index contributed by atoms with van der Waals surface area (Å²) in [5.41, 5.74) is 0. The molecule has 0 aromatic rings. The van der Waals surface area contributed by atoms with Gasteiger partial charge in [0.2, 0.25) is 0 Å². The molecule has 8 heteroatoms. The van der Waals surface area contributed by atoms with Crippen molar-refractivity contribution in [2.45, 2.75) is 56.9 Å². The summed E-state index contributed by atoms with van der Waals surface area (Å²) in [5, 5.41) is 16.1. The Bertz CT molecular complexity index is 114. The Hall–Kier alpha value is 0.509. The average molecular weight is 316 g/mol. The molecule has 0 radical (unpaired) electrons. The van der Waals surface area contributed by atoms with E-state index in [1.54, 1.807) is 0 Å². The van der Waals surface area contributed by atoms with Crippen LogP contribution in [0.15, 0.2) is 0 Å². The minimum atomic E-state index is -4.61. The first-order valence-electron chi connectivity index (χ1n) is 6.67. The van der Waals surface area contributed by atoms with E-state index in [-0.39, 0.29) is 14.1 Å². The molecular formula is C11H33AlO6Si. The van der Waals surface area contributed by atoms with Crippen LogP contribution in [0.25, 0.3) is 0 Å². The summed E-state index contributed by atoms with van der Waals surface area (Å²) < 4.78 is 0. The number of unbranched alkanes of at least 4 members (excludes halogenated alkanes) is 2. The van der Waals surface area contributed by atoms with Crippen LogP contribution in [-0.2, 0) is 0 Å². The molecule has 0 aromatic heterocycles. The van der Waals surface area contributed by atoms with Crippen molar-refractivity contribution in [2.24, 2.45) is 0 Å². The Labute approximate surface area is 123 Å². The van der Waals surface area contributed by atoms with Crippen molar-refractivity contribution < 1.29 is 29.4 Å². The molecule has 0 aromatic carbocycles. The molecule has 0 unspecified atom stereocenters. The molecule has 0 saturated carbocycles. The SMILES string of the molecule is CCCCO.CCCCO.O[Si](O)(O)O.[CH3][Al]([CH3])[CH3]. The first-order valence-corrected chi connectivity index (χ1v) is 11.9. The summed E-state index contributed by atoms with van der Waals surface area (Å²) in [6.45, 7) is 4.79. The average Bonchev–Trinajstić information content (AvgIpc) is 2.17. The first kappa shape index (κ1) is 27.8. The Morgan fingerprint density at radius 2 is 0.895 bits per heavy atom. The summed E-state index contributed by atoms with van der Waals surface area (Å²) in [6, 6.07) is 0. The lowest BCUT2D eigenvalue weighted by molar-refractivity contribution is 0.117. The van der Waals surface area contributed by atoms with Crippen molar-refractivity contribution in [2.75, 3.05) is 13.2 Å². The maximum atomic E-state index is 8.07. The molecule has 0 bridgehead atoms. The van der Waals surface area contributed by atoms with Gasteiger partial charge in [0.25, 0.3) is 14.1 Å². The van der Waals surface area contributed by atoms with E-state index in [2.05, 4.69) is 31.2 Å². The second-order valence-corrected chi connectivity index (χ2v) is 9.15. The van der Waals surface area contributed by atoms with E-state index < -0.39 is 9.05 Å². The van der Waals surface area contributed by atoms with E-state index >= 15 is 0 Å². The van der Waals surface area contributed by atoms with E-state index in [1.807, 2.05) is 0 Å². The molecule has 0 saturated heterocycles. The van der Waals surface area contributed by atoms with Crippen molar-refractivity contribution in [1.82, 2.24) is 0 Å². The molecule has 6 nitrogen and oxygen atoms in total. The zero-order valence-corrected chi connectivity index (χ0v) is 15.2. The molecular weight excluding hydrogens is 283 g/mol. The molecule has 0 heterocycles. The van der Waals surface area contributed by atoms with Gasteiger partial charge in [-0.25, -0.2) is 0 Å². The number of hydrogen-bond donors (Lipinski definition) is 6. The van der Waals surface area contributed by atoms with E-state index in [0.717, 1.165) is 25.7 Å². The molecule has 0 aliphatic carbocycles. The lowest BCUT2D eigenvalue weighted by Crippen LogP contribution is -2.33. The number of aliphatic hydroxyl groups is 2. The zero-order valence-electron chi connectivity index (χ0n) is 13.0. The second kappa shape index (κ2) is 23.6. The Morgan fingerprint density at radius 1 is 0.737 bits per heavy atom. The van der Waals surface area contributed by atoms with Crippen LogP contribution in [0.1, 0.15) is 39.5 Å². The summed E-state index contributed by atoms with van der Waals surface area (Å²) in [6.07, 6.45) is 4.08. The van der Waals surface area contributed by atoms with Gasteiger partial charge in [-0.1, -0.05) is 26.7 Å². The van der Waals surface area contributed by atoms with Crippen molar-refractivity contribution >= 4 is 23.2 Å². The van der Waals surface area contributed by atoms with Gasteiger partial charge >= 0.3 is 9.05 Å². The molecule has 0 rings (SSSR count). The number of hydrogen-bond acceptors (Lipinski definition) is 6. The Morgan fingerprint density at radius 3 is 0.895 bits per heavy atom. The molecule has 0 atom stereocenters. The monoisotopic (exact) mass is 316 g/mol. The minimum Gasteiger partial charge on any atom is -0.396 e. The van der Waals surface area contributed by atoms with Gasteiger partial charge in [0, 0.05) is 13.2 Å². The van der Waals surface area contributed by atoms with E-state index in [0.29, 0.717) is 13.2 Å². The van der Waals surface area contributed by atoms with Crippen LogP contribution in [0, 0.1) is 0 Å². The van der Waals surface area contributed by atoms with Crippen LogP contribution in [0.4, 0.5) is 0 Å². The van der Waals surface area contributed by atoms with Gasteiger partial charge in [0.15, 0.2) is 0 Å². The van der Waals surface area contributed by atoms with Crippen LogP contribution in [0.3, 0.4) is 0 Å².